The number of carbonyl (C=O) groups is 1. The van der Waals surface area contributed by atoms with Crippen LogP contribution in [0.4, 0.5) is 5.69 Å². The predicted octanol–water partition coefficient (Wildman–Crippen LogP) is 3.67. The number of hydrogen-bond acceptors (Lipinski definition) is 2. The van der Waals surface area contributed by atoms with E-state index in [2.05, 4.69) is 45.5 Å². The minimum atomic E-state index is 0.0726. The maximum absolute atomic E-state index is 12.2. The smallest absolute Gasteiger partial charge is 0.224 e. The first-order chi connectivity index (χ1) is 12.8. The van der Waals surface area contributed by atoms with Crippen molar-refractivity contribution in [2.45, 2.75) is 25.7 Å². The van der Waals surface area contributed by atoms with Crippen LogP contribution >= 0.6 is 0 Å². The molecule has 4 heteroatoms. The van der Waals surface area contributed by atoms with Crippen LogP contribution in [0.15, 0.2) is 54.7 Å². The zero-order valence-corrected chi connectivity index (χ0v) is 15.0. The number of nitrogens with one attached hydrogen (secondary N) is 2. The van der Waals surface area contributed by atoms with Crippen molar-refractivity contribution < 1.29 is 4.79 Å². The van der Waals surface area contributed by atoms with Crippen molar-refractivity contribution in [1.82, 2.24) is 10.3 Å². The first kappa shape index (κ1) is 16.7. The van der Waals surface area contributed by atoms with E-state index in [4.69, 9.17) is 0 Å². The molecule has 0 spiro atoms. The molecule has 26 heavy (non-hydrogen) atoms. The highest BCUT2D eigenvalue weighted by Crippen LogP contribution is 2.20. The van der Waals surface area contributed by atoms with Gasteiger partial charge in [-0.3, -0.25) is 4.79 Å². The van der Waals surface area contributed by atoms with Crippen molar-refractivity contribution in [2.75, 3.05) is 24.5 Å². The van der Waals surface area contributed by atoms with Crippen LogP contribution in [0.5, 0.6) is 0 Å². The molecule has 2 N–H and O–H groups in total. The van der Waals surface area contributed by atoms with Crippen LogP contribution in [0.25, 0.3) is 10.9 Å². The van der Waals surface area contributed by atoms with Gasteiger partial charge in [0.1, 0.15) is 0 Å². The molecule has 1 amide bonds. The van der Waals surface area contributed by atoms with E-state index in [0.717, 1.165) is 22.9 Å². The molecule has 1 fully saturated rings. The van der Waals surface area contributed by atoms with Crippen LogP contribution in [-0.4, -0.2) is 30.5 Å². The second-order valence-electron chi connectivity index (χ2n) is 7.00. The van der Waals surface area contributed by atoms with Crippen LogP contribution in [0.2, 0.25) is 0 Å². The molecule has 0 atom stereocenters. The molecular weight excluding hydrogens is 322 g/mol. The molecule has 1 aliphatic heterocycles. The molecule has 1 aliphatic rings. The molecule has 4 nitrogen and oxygen atoms in total. The van der Waals surface area contributed by atoms with E-state index in [1.54, 1.807) is 0 Å². The number of rotatable bonds is 6. The summed E-state index contributed by atoms with van der Waals surface area (Å²) in [5, 5.41) is 4.17. The number of aromatic nitrogens is 1. The van der Waals surface area contributed by atoms with Crippen LogP contribution in [0.1, 0.15) is 24.0 Å². The highest BCUT2D eigenvalue weighted by atomic mass is 16.1. The van der Waals surface area contributed by atoms with E-state index in [9.17, 15) is 4.79 Å². The molecule has 0 radical (unpaired) electrons. The summed E-state index contributed by atoms with van der Waals surface area (Å²) in [5.74, 6) is 0.0726. The van der Waals surface area contributed by atoms with E-state index in [1.165, 1.54) is 37.2 Å². The molecule has 1 aromatic heterocycles. The fourth-order valence-electron chi connectivity index (χ4n) is 3.71. The molecule has 0 bridgehead atoms. The summed E-state index contributed by atoms with van der Waals surface area (Å²) < 4.78 is 0. The Hall–Kier alpha value is -2.75. The number of H-pyrrole nitrogens is 1. The van der Waals surface area contributed by atoms with Crippen molar-refractivity contribution in [1.29, 1.82) is 0 Å². The lowest BCUT2D eigenvalue weighted by Crippen LogP contribution is -2.27. The number of carbonyl (C=O) groups excluding carboxylic acids is 1. The van der Waals surface area contributed by atoms with Crippen LogP contribution in [0, 0.1) is 0 Å². The summed E-state index contributed by atoms with van der Waals surface area (Å²) in [6, 6.07) is 16.8. The zero-order chi connectivity index (χ0) is 17.8. The lowest BCUT2D eigenvalue weighted by atomic mass is 10.1. The van der Waals surface area contributed by atoms with E-state index in [0.29, 0.717) is 13.0 Å². The van der Waals surface area contributed by atoms with Gasteiger partial charge in [0.15, 0.2) is 0 Å². The van der Waals surface area contributed by atoms with Gasteiger partial charge < -0.3 is 15.2 Å². The lowest BCUT2D eigenvalue weighted by molar-refractivity contribution is -0.120. The standard InChI is InChI=1S/C22H25N3O/c26-22(15-18-16-24-21-6-2-1-5-20(18)21)23-12-11-17-7-9-19(10-8-17)25-13-3-4-14-25/h1-2,5-10,16,24H,3-4,11-15H2,(H,23,26). The summed E-state index contributed by atoms with van der Waals surface area (Å²) in [6.45, 7) is 3.01. The van der Waals surface area contributed by atoms with Crippen molar-refractivity contribution in [3.05, 3.63) is 65.9 Å². The average molecular weight is 347 g/mol. The number of hydrogen-bond donors (Lipinski definition) is 2. The summed E-state index contributed by atoms with van der Waals surface area (Å²) >= 11 is 0. The molecular formula is C22H25N3O. The van der Waals surface area contributed by atoms with Gasteiger partial charge in [0.25, 0.3) is 0 Å². The Morgan fingerprint density at radius 3 is 2.62 bits per heavy atom. The average Bonchev–Trinajstić information content (AvgIpc) is 3.33. The largest absolute Gasteiger partial charge is 0.372 e. The highest BCUT2D eigenvalue weighted by Gasteiger charge is 2.12. The van der Waals surface area contributed by atoms with Gasteiger partial charge in [0.2, 0.25) is 5.91 Å². The monoisotopic (exact) mass is 347 g/mol. The van der Waals surface area contributed by atoms with Gasteiger partial charge in [-0.15, -0.1) is 0 Å². The number of amides is 1. The number of anilines is 1. The third-order valence-corrected chi connectivity index (χ3v) is 5.17. The van der Waals surface area contributed by atoms with Crippen LogP contribution in [-0.2, 0) is 17.6 Å². The SMILES string of the molecule is O=C(Cc1c[nH]c2ccccc12)NCCc1ccc(N2CCCC2)cc1. The second-order valence-corrected chi connectivity index (χ2v) is 7.00. The first-order valence-corrected chi connectivity index (χ1v) is 9.45. The van der Waals surface area contributed by atoms with Gasteiger partial charge in [0, 0.05) is 42.4 Å². The minimum absolute atomic E-state index is 0.0726. The van der Waals surface area contributed by atoms with Gasteiger partial charge in [-0.2, -0.15) is 0 Å². The van der Waals surface area contributed by atoms with Crippen molar-refractivity contribution >= 4 is 22.5 Å². The van der Waals surface area contributed by atoms with Crippen molar-refractivity contribution in [3.8, 4) is 0 Å². The number of fused-ring (bicyclic) bond motifs is 1. The van der Waals surface area contributed by atoms with E-state index >= 15 is 0 Å². The zero-order valence-electron chi connectivity index (χ0n) is 15.0. The molecule has 2 aromatic carbocycles. The van der Waals surface area contributed by atoms with Gasteiger partial charge in [-0.25, -0.2) is 0 Å². The molecule has 3 aromatic rings. The maximum Gasteiger partial charge on any atom is 0.224 e. The van der Waals surface area contributed by atoms with E-state index in [1.807, 2.05) is 24.4 Å². The van der Waals surface area contributed by atoms with Crippen LogP contribution in [0.3, 0.4) is 0 Å². The van der Waals surface area contributed by atoms with Crippen LogP contribution < -0.4 is 10.2 Å². The number of benzene rings is 2. The van der Waals surface area contributed by atoms with Crippen molar-refractivity contribution in [2.24, 2.45) is 0 Å². The molecule has 4 rings (SSSR count). The second kappa shape index (κ2) is 7.65. The summed E-state index contributed by atoms with van der Waals surface area (Å²) in [4.78, 5) is 17.9. The number of para-hydroxylation sites is 1. The third-order valence-electron chi connectivity index (χ3n) is 5.17. The highest BCUT2D eigenvalue weighted by molar-refractivity contribution is 5.88. The summed E-state index contributed by atoms with van der Waals surface area (Å²) in [6.07, 6.45) is 5.80. The fourth-order valence-corrected chi connectivity index (χ4v) is 3.71. The molecule has 2 heterocycles. The third kappa shape index (κ3) is 3.74. The summed E-state index contributed by atoms with van der Waals surface area (Å²) in [5.41, 5.74) is 4.71. The first-order valence-electron chi connectivity index (χ1n) is 9.45. The quantitative estimate of drug-likeness (QED) is 0.715. The summed E-state index contributed by atoms with van der Waals surface area (Å²) in [7, 11) is 0. The maximum atomic E-state index is 12.2. The van der Waals surface area contributed by atoms with Gasteiger partial charge in [-0.1, -0.05) is 30.3 Å². The Labute approximate surface area is 154 Å². The van der Waals surface area contributed by atoms with Gasteiger partial charge in [0.05, 0.1) is 6.42 Å². The molecule has 0 aliphatic carbocycles. The topological polar surface area (TPSA) is 48.1 Å². The Morgan fingerprint density at radius 2 is 1.81 bits per heavy atom. The number of nitrogens with zero attached hydrogens (tertiary/aromatic N) is 1. The molecule has 0 saturated carbocycles. The van der Waals surface area contributed by atoms with Gasteiger partial charge in [-0.05, 0) is 48.6 Å². The molecule has 0 unspecified atom stereocenters. The molecule has 1 saturated heterocycles. The predicted molar refractivity (Wildman–Crippen MR) is 107 cm³/mol. The normalized spacial score (nSPS) is 14.1. The molecule has 134 valence electrons. The van der Waals surface area contributed by atoms with Crippen molar-refractivity contribution in [3.63, 3.8) is 0 Å². The van der Waals surface area contributed by atoms with Gasteiger partial charge >= 0.3 is 0 Å². The Morgan fingerprint density at radius 1 is 1.04 bits per heavy atom. The number of aromatic amines is 1. The Balaban J connectivity index is 1.27. The van der Waals surface area contributed by atoms with E-state index < -0.39 is 0 Å². The minimum Gasteiger partial charge on any atom is -0.372 e. The Kier molecular flexibility index (Phi) is 4.91. The van der Waals surface area contributed by atoms with E-state index in [-0.39, 0.29) is 5.91 Å². The Bertz CT molecular complexity index is 876. The fraction of sp³-hybridized carbons (Fsp3) is 0.318. The lowest BCUT2D eigenvalue weighted by Gasteiger charge is -2.17.